The average molecular weight is 236 g/mol. The van der Waals surface area contributed by atoms with Crippen molar-refractivity contribution in [2.45, 2.75) is 84.5 Å². The van der Waals surface area contributed by atoms with Crippen molar-refractivity contribution in [1.82, 2.24) is 0 Å². The van der Waals surface area contributed by atoms with Gasteiger partial charge in [0.25, 0.3) is 0 Å². The first kappa shape index (κ1) is 14.8. The molecule has 0 heteroatoms. The normalized spacial score (nSPS) is 24.8. The van der Waals surface area contributed by atoms with Gasteiger partial charge in [0.2, 0.25) is 0 Å². The maximum Gasteiger partial charge on any atom is -0.0326 e. The van der Waals surface area contributed by atoms with E-state index in [4.69, 9.17) is 0 Å². The van der Waals surface area contributed by atoms with Crippen molar-refractivity contribution in [2.24, 2.45) is 11.8 Å². The van der Waals surface area contributed by atoms with E-state index in [2.05, 4.69) is 20.4 Å². The van der Waals surface area contributed by atoms with Gasteiger partial charge in [-0.25, -0.2) is 0 Å². The molecule has 0 aromatic rings. The third-order valence-corrected chi connectivity index (χ3v) is 4.42. The highest BCUT2D eigenvalue weighted by atomic mass is 14.3. The molecule has 0 heterocycles. The van der Waals surface area contributed by atoms with E-state index in [0.29, 0.717) is 0 Å². The first-order valence-electron chi connectivity index (χ1n) is 7.88. The summed E-state index contributed by atoms with van der Waals surface area (Å²) in [5, 5.41) is 0. The minimum absolute atomic E-state index is 1.06. The lowest BCUT2D eigenvalue weighted by Crippen LogP contribution is -2.19. The molecule has 0 N–H and O–H groups in total. The van der Waals surface area contributed by atoms with E-state index < -0.39 is 0 Å². The summed E-state index contributed by atoms with van der Waals surface area (Å²) in [7, 11) is 0. The minimum atomic E-state index is 1.06. The molecule has 1 fully saturated rings. The van der Waals surface area contributed by atoms with Gasteiger partial charge in [0, 0.05) is 0 Å². The fraction of sp³-hybridized carbons (Fsp3) is 0.882. The molecule has 0 spiro atoms. The molecule has 17 heavy (non-hydrogen) atoms. The number of allylic oxidation sites excluding steroid dienone is 1. The Morgan fingerprint density at radius 3 is 2.12 bits per heavy atom. The summed E-state index contributed by atoms with van der Waals surface area (Å²) < 4.78 is 0. The monoisotopic (exact) mass is 236 g/mol. The topological polar surface area (TPSA) is 0 Å². The molecule has 1 aliphatic rings. The van der Waals surface area contributed by atoms with Crippen LogP contribution in [0.15, 0.2) is 12.2 Å². The first-order chi connectivity index (χ1) is 8.24. The third-order valence-electron chi connectivity index (χ3n) is 4.42. The summed E-state index contributed by atoms with van der Waals surface area (Å²) in [6.45, 7) is 8.48. The Kier molecular flexibility index (Phi) is 7.64. The number of hydrogen-bond acceptors (Lipinski definition) is 0. The van der Waals surface area contributed by atoms with E-state index in [1.807, 2.05) is 0 Å². The van der Waals surface area contributed by atoms with Gasteiger partial charge in [0.1, 0.15) is 0 Å². The van der Waals surface area contributed by atoms with Crippen molar-refractivity contribution in [3.63, 3.8) is 0 Å². The highest BCUT2D eigenvalue weighted by Gasteiger charge is 2.23. The van der Waals surface area contributed by atoms with Crippen LogP contribution >= 0.6 is 0 Å². The van der Waals surface area contributed by atoms with Crippen LogP contribution in [0.3, 0.4) is 0 Å². The van der Waals surface area contributed by atoms with Crippen molar-refractivity contribution >= 4 is 0 Å². The Morgan fingerprint density at radius 2 is 1.59 bits per heavy atom. The van der Waals surface area contributed by atoms with E-state index in [1.165, 1.54) is 76.2 Å². The molecule has 100 valence electrons. The first-order valence-corrected chi connectivity index (χ1v) is 7.88. The smallest absolute Gasteiger partial charge is 0.0326 e. The van der Waals surface area contributed by atoms with Gasteiger partial charge in [0.05, 0.1) is 0 Å². The Morgan fingerprint density at radius 1 is 1.00 bits per heavy atom. The van der Waals surface area contributed by atoms with Crippen LogP contribution in [0.1, 0.15) is 84.5 Å². The standard InChI is InChI=1S/C17H32/c1-4-5-11-16-13-8-9-14-17(16)12-7-6-10-15(2)3/h16-17H,2,4-14H2,1,3H3. The predicted molar refractivity (Wildman–Crippen MR) is 78.3 cm³/mol. The SMILES string of the molecule is C=C(C)CCCCC1CCCCC1CCCC. The van der Waals surface area contributed by atoms with E-state index in [-0.39, 0.29) is 0 Å². The second-order valence-corrected chi connectivity index (χ2v) is 6.15. The third kappa shape index (κ3) is 6.29. The van der Waals surface area contributed by atoms with E-state index in [0.717, 1.165) is 11.8 Å². The molecule has 1 rings (SSSR count). The van der Waals surface area contributed by atoms with Gasteiger partial charge in [0.15, 0.2) is 0 Å². The molecule has 0 nitrogen and oxygen atoms in total. The highest BCUT2D eigenvalue weighted by Crippen LogP contribution is 2.36. The molecule has 2 atom stereocenters. The summed E-state index contributed by atoms with van der Waals surface area (Å²) in [6, 6.07) is 0. The van der Waals surface area contributed by atoms with E-state index >= 15 is 0 Å². The van der Waals surface area contributed by atoms with Gasteiger partial charge < -0.3 is 0 Å². The molecule has 1 saturated carbocycles. The second kappa shape index (κ2) is 8.78. The van der Waals surface area contributed by atoms with Crippen LogP contribution in [-0.2, 0) is 0 Å². The highest BCUT2D eigenvalue weighted by molar-refractivity contribution is 4.87. The van der Waals surface area contributed by atoms with Gasteiger partial charge in [-0.3, -0.25) is 0 Å². The van der Waals surface area contributed by atoms with Gasteiger partial charge in [-0.2, -0.15) is 0 Å². The van der Waals surface area contributed by atoms with Crippen molar-refractivity contribution < 1.29 is 0 Å². The summed E-state index contributed by atoms with van der Waals surface area (Å²) in [4.78, 5) is 0. The molecule has 0 aromatic heterocycles. The largest absolute Gasteiger partial charge is 0.100 e. The average Bonchev–Trinajstić information content (AvgIpc) is 2.33. The number of rotatable bonds is 8. The van der Waals surface area contributed by atoms with Crippen molar-refractivity contribution in [1.29, 1.82) is 0 Å². The van der Waals surface area contributed by atoms with Gasteiger partial charge in [-0.05, 0) is 31.6 Å². The van der Waals surface area contributed by atoms with Crippen LogP contribution in [-0.4, -0.2) is 0 Å². The van der Waals surface area contributed by atoms with E-state index in [1.54, 1.807) is 0 Å². The molecular weight excluding hydrogens is 204 g/mol. The van der Waals surface area contributed by atoms with E-state index in [9.17, 15) is 0 Å². The predicted octanol–water partition coefficient (Wildman–Crippen LogP) is 6.12. The zero-order valence-electron chi connectivity index (χ0n) is 12.1. The maximum absolute atomic E-state index is 3.99. The second-order valence-electron chi connectivity index (χ2n) is 6.15. The molecule has 0 amide bonds. The van der Waals surface area contributed by atoms with Crippen molar-refractivity contribution in [2.75, 3.05) is 0 Å². The van der Waals surface area contributed by atoms with Crippen LogP contribution in [0.25, 0.3) is 0 Å². The fourth-order valence-electron chi connectivity index (χ4n) is 3.34. The molecule has 0 saturated heterocycles. The molecule has 0 aromatic carbocycles. The Balaban J connectivity index is 2.20. The summed E-state index contributed by atoms with van der Waals surface area (Å²) in [5.41, 5.74) is 1.36. The van der Waals surface area contributed by atoms with Crippen LogP contribution in [0.2, 0.25) is 0 Å². The maximum atomic E-state index is 3.99. The lowest BCUT2D eigenvalue weighted by Gasteiger charge is -2.31. The Hall–Kier alpha value is -0.260. The number of hydrogen-bond donors (Lipinski definition) is 0. The zero-order chi connectivity index (χ0) is 12.5. The fourth-order valence-corrected chi connectivity index (χ4v) is 3.34. The molecular formula is C17H32. The van der Waals surface area contributed by atoms with Gasteiger partial charge >= 0.3 is 0 Å². The van der Waals surface area contributed by atoms with Crippen LogP contribution in [0.5, 0.6) is 0 Å². The van der Waals surface area contributed by atoms with Crippen molar-refractivity contribution in [3.05, 3.63) is 12.2 Å². The molecule has 2 unspecified atom stereocenters. The minimum Gasteiger partial charge on any atom is -0.100 e. The lowest BCUT2D eigenvalue weighted by molar-refractivity contribution is 0.204. The summed E-state index contributed by atoms with van der Waals surface area (Å²) in [6.07, 6.45) is 15.9. The Labute approximate surface area is 109 Å². The van der Waals surface area contributed by atoms with Crippen molar-refractivity contribution in [3.8, 4) is 0 Å². The number of unbranched alkanes of at least 4 members (excludes halogenated alkanes) is 2. The molecule has 0 radical (unpaired) electrons. The Bertz CT molecular complexity index is 204. The lowest BCUT2D eigenvalue weighted by atomic mass is 9.74. The summed E-state index contributed by atoms with van der Waals surface area (Å²) >= 11 is 0. The van der Waals surface area contributed by atoms with Gasteiger partial charge in [-0.1, -0.05) is 70.3 Å². The van der Waals surface area contributed by atoms with Gasteiger partial charge in [-0.15, -0.1) is 6.58 Å². The van der Waals surface area contributed by atoms with Crippen LogP contribution in [0.4, 0.5) is 0 Å². The zero-order valence-corrected chi connectivity index (χ0v) is 12.1. The quantitative estimate of drug-likeness (QED) is 0.352. The van der Waals surface area contributed by atoms with Crippen LogP contribution < -0.4 is 0 Å². The summed E-state index contributed by atoms with van der Waals surface area (Å²) in [5.74, 6) is 2.12. The van der Waals surface area contributed by atoms with Crippen LogP contribution in [0, 0.1) is 11.8 Å². The molecule has 0 bridgehead atoms. The molecule has 0 aliphatic heterocycles. The molecule has 1 aliphatic carbocycles.